The van der Waals surface area contributed by atoms with Crippen molar-refractivity contribution in [1.82, 2.24) is 20.5 Å². The number of nitriles is 1. The van der Waals surface area contributed by atoms with Crippen molar-refractivity contribution in [2.75, 3.05) is 44.6 Å². The van der Waals surface area contributed by atoms with Crippen LogP contribution in [-0.2, 0) is 11.2 Å². The monoisotopic (exact) mass is 529 g/mol. The van der Waals surface area contributed by atoms with Gasteiger partial charge in [-0.25, -0.2) is 9.37 Å². The first kappa shape index (κ1) is 27.7. The van der Waals surface area contributed by atoms with Crippen LogP contribution in [0.5, 0.6) is 0 Å². The number of piperazine rings is 1. The van der Waals surface area contributed by atoms with Gasteiger partial charge in [0.25, 0.3) is 5.91 Å². The molecule has 9 nitrogen and oxygen atoms in total. The van der Waals surface area contributed by atoms with Crippen molar-refractivity contribution >= 4 is 17.6 Å². The Balaban J connectivity index is 1.54. The van der Waals surface area contributed by atoms with E-state index in [9.17, 15) is 19.2 Å². The normalized spacial score (nSPS) is 14.9. The molecule has 5 N–H and O–H groups in total. The molecular formula is C29H32FN7O2. The highest BCUT2D eigenvalue weighted by molar-refractivity contribution is 5.99. The fourth-order valence-electron chi connectivity index (χ4n) is 4.59. The van der Waals surface area contributed by atoms with Crippen molar-refractivity contribution in [3.05, 3.63) is 83.2 Å². The molecule has 202 valence electrons. The van der Waals surface area contributed by atoms with Gasteiger partial charge in [0.05, 0.1) is 28.9 Å². The highest BCUT2D eigenvalue weighted by Gasteiger charge is 2.27. The second-order valence-electron chi connectivity index (χ2n) is 9.25. The fourth-order valence-corrected chi connectivity index (χ4v) is 4.59. The first-order chi connectivity index (χ1) is 19.0. The summed E-state index contributed by atoms with van der Waals surface area (Å²) in [7, 11) is 0. The summed E-state index contributed by atoms with van der Waals surface area (Å²) >= 11 is 0. The number of hydrogen-bond donors (Lipinski definition) is 4. The van der Waals surface area contributed by atoms with Crippen LogP contribution in [0.15, 0.2) is 60.7 Å². The van der Waals surface area contributed by atoms with Gasteiger partial charge in [-0.2, -0.15) is 5.26 Å². The van der Waals surface area contributed by atoms with E-state index < -0.39 is 0 Å². The zero-order valence-corrected chi connectivity index (χ0v) is 21.6. The highest BCUT2D eigenvalue weighted by atomic mass is 19.1. The van der Waals surface area contributed by atoms with Crippen LogP contribution in [0.4, 0.5) is 10.2 Å². The van der Waals surface area contributed by atoms with Crippen LogP contribution >= 0.6 is 0 Å². The minimum atomic E-state index is -0.340. The molecule has 3 aromatic rings. The zero-order valence-electron chi connectivity index (χ0n) is 21.6. The molecule has 10 heteroatoms. The SMILES string of the molecule is N#Cc1ccccc1-c1ccc(C(=O)NC[C@H]2CNCCN2C(=O)CCN)c(NCCc2cccc(F)c2)n1. The van der Waals surface area contributed by atoms with E-state index in [-0.39, 0.29) is 43.2 Å². The van der Waals surface area contributed by atoms with Gasteiger partial charge in [-0.15, -0.1) is 0 Å². The molecule has 1 atom stereocenters. The lowest BCUT2D eigenvalue weighted by atomic mass is 10.0. The number of rotatable bonds is 10. The van der Waals surface area contributed by atoms with Gasteiger partial charge in [0.1, 0.15) is 11.6 Å². The summed E-state index contributed by atoms with van der Waals surface area (Å²) < 4.78 is 13.6. The molecule has 1 fully saturated rings. The van der Waals surface area contributed by atoms with E-state index in [2.05, 4.69) is 22.0 Å². The summed E-state index contributed by atoms with van der Waals surface area (Å²) in [4.78, 5) is 32.3. The minimum Gasteiger partial charge on any atom is -0.369 e. The molecule has 0 radical (unpaired) electrons. The molecule has 0 aliphatic carbocycles. The summed E-state index contributed by atoms with van der Waals surface area (Å²) in [5, 5.41) is 19.0. The number of aromatic nitrogens is 1. The van der Waals surface area contributed by atoms with Gasteiger partial charge >= 0.3 is 0 Å². The van der Waals surface area contributed by atoms with Crippen molar-refractivity contribution in [2.24, 2.45) is 5.73 Å². The third kappa shape index (κ3) is 7.16. The second-order valence-corrected chi connectivity index (χ2v) is 9.25. The number of hydrogen-bond acceptors (Lipinski definition) is 7. The molecule has 0 saturated carbocycles. The van der Waals surface area contributed by atoms with Gasteiger partial charge in [0.15, 0.2) is 0 Å². The van der Waals surface area contributed by atoms with Gasteiger partial charge < -0.3 is 26.6 Å². The Labute approximate surface area is 227 Å². The summed E-state index contributed by atoms with van der Waals surface area (Å²) in [6.45, 7) is 2.77. The molecular weight excluding hydrogens is 497 g/mol. The first-order valence-electron chi connectivity index (χ1n) is 13.0. The largest absolute Gasteiger partial charge is 0.369 e. The lowest BCUT2D eigenvalue weighted by Gasteiger charge is -2.36. The summed E-state index contributed by atoms with van der Waals surface area (Å²) in [6.07, 6.45) is 0.783. The van der Waals surface area contributed by atoms with E-state index in [1.54, 1.807) is 41.3 Å². The van der Waals surface area contributed by atoms with Crippen molar-refractivity contribution in [1.29, 1.82) is 5.26 Å². The summed E-state index contributed by atoms with van der Waals surface area (Å²) in [5.74, 6) is -0.322. The quantitative estimate of drug-likeness (QED) is 0.316. The van der Waals surface area contributed by atoms with Gasteiger partial charge in [0.2, 0.25) is 5.91 Å². The summed E-state index contributed by atoms with van der Waals surface area (Å²) in [5.41, 5.74) is 8.39. The average molecular weight is 530 g/mol. The molecule has 2 aromatic carbocycles. The maximum absolute atomic E-state index is 13.6. The molecule has 0 bridgehead atoms. The molecule has 2 amide bonds. The highest BCUT2D eigenvalue weighted by Crippen LogP contribution is 2.25. The van der Waals surface area contributed by atoms with E-state index in [1.807, 2.05) is 12.1 Å². The van der Waals surface area contributed by atoms with Gasteiger partial charge in [-0.1, -0.05) is 30.3 Å². The zero-order chi connectivity index (χ0) is 27.6. The smallest absolute Gasteiger partial charge is 0.255 e. The fraction of sp³-hybridized carbons (Fsp3) is 0.310. The number of nitrogens with two attached hydrogens (primary N) is 1. The minimum absolute atomic E-state index is 0.0277. The maximum atomic E-state index is 13.6. The Morgan fingerprint density at radius 2 is 2.03 bits per heavy atom. The molecule has 39 heavy (non-hydrogen) atoms. The average Bonchev–Trinajstić information content (AvgIpc) is 2.96. The Kier molecular flexibility index (Phi) is 9.56. The third-order valence-corrected chi connectivity index (χ3v) is 6.59. The predicted molar refractivity (Wildman–Crippen MR) is 147 cm³/mol. The van der Waals surface area contributed by atoms with E-state index in [0.717, 1.165) is 5.56 Å². The standard InChI is InChI=1S/C29H32FN7O2/c30-22-6-3-4-20(16-22)11-13-34-28-25(8-9-26(36-28)24-7-2-1-5-21(24)17-32)29(39)35-19-23-18-33-14-15-37(23)27(38)10-12-31/h1-9,16,23,33H,10-15,18-19,31H2,(H,34,36)(H,35,39)/t23-/m1/s1. The third-order valence-electron chi connectivity index (χ3n) is 6.59. The molecule has 1 aliphatic heterocycles. The van der Waals surface area contributed by atoms with Crippen LogP contribution < -0.4 is 21.7 Å². The molecule has 0 spiro atoms. The van der Waals surface area contributed by atoms with Crippen LogP contribution in [-0.4, -0.2) is 67.0 Å². The summed E-state index contributed by atoms with van der Waals surface area (Å²) in [6, 6.07) is 18.8. The Morgan fingerprint density at radius 3 is 2.82 bits per heavy atom. The van der Waals surface area contributed by atoms with Crippen LogP contribution in [0.25, 0.3) is 11.3 Å². The van der Waals surface area contributed by atoms with Gasteiger partial charge in [-0.05, 0) is 42.3 Å². The second kappa shape index (κ2) is 13.5. The van der Waals surface area contributed by atoms with E-state index in [4.69, 9.17) is 10.7 Å². The number of nitrogens with one attached hydrogen (secondary N) is 3. The van der Waals surface area contributed by atoms with E-state index >= 15 is 0 Å². The lowest BCUT2D eigenvalue weighted by molar-refractivity contribution is -0.134. The molecule has 1 aliphatic rings. The van der Waals surface area contributed by atoms with Crippen molar-refractivity contribution in [3.63, 3.8) is 0 Å². The molecule has 0 unspecified atom stereocenters. The van der Waals surface area contributed by atoms with Crippen LogP contribution in [0.1, 0.15) is 27.9 Å². The van der Waals surface area contributed by atoms with Crippen molar-refractivity contribution < 1.29 is 14.0 Å². The Hall–Kier alpha value is -4.33. The van der Waals surface area contributed by atoms with Crippen molar-refractivity contribution in [3.8, 4) is 17.3 Å². The van der Waals surface area contributed by atoms with Crippen LogP contribution in [0, 0.1) is 17.1 Å². The number of halogens is 1. The van der Waals surface area contributed by atoms with Gasteiger partial charge in [0, 0.05) is 51.3 Å². The Bertz CT molecular complexity index is 1360. The number of amides is 2. The predicted octanol–water partition coefficient (Wildman–Crippen LogP) is 2.29. The molecule has 4 rings (SSSR count). The van der Waals surface area contributed by atoms with Gasteiger partial charge in [-0.3, -0.25) is 9.59 Å². The molecule has 2 heterocycles. The van der Waals surface area contributed by atoms with Crippen molar-refractivity contribution in [2.45, 2.75) is 18.9 Å². The Morgan fingerprint density at radius 1 is 1.18 bits per heavy atom. The van der Waals surface area contributed by atoms with Crippen LogP contribution in [0.3, 0.4) is 0 Å². The number of carbonyl (C=O) groups excluding carboxylic acids is 2. The topological polar surface area (TPSA) is 136 Å². The molecule has 1 aromatic heterocycles. The maximum Gasteiger partial charge on any atom is 0.255 e. The van der Waals surface area contributed by atoms with E-state index in [0.29, 0.717) is 60.8 Å². The van der Waals surface area contributed by atoms with Crippen LogP contribution in [0.2, 0.25) is 0 Å². The first-order valence-corrected chi connectivity index (χ1v) is 13.0. The number of pyridine rings is 1. The number of benzene rings is 2. The lowest BCUT2D eigenvalue weighted by Crippen LogP contribution is -2.57. The number of anilines is 1. The number of nitrogens with zero attached hydrogens (tertiary/aromatic N) is 3. The van der Waals surface area contributed by atoms with E-state index in [1.165, 1.54) is 12.1 Å². The number of carbonyl (C=O) groups is 2. The molecule has 1 saturated heterocycles.